The number of benzene rings is 1. The molecule has 3 rings (SSSR count). The lowest BCUT2D eigenvalue weighted by atomic mass is 10.1. The van der Waals surface area contributed by atoms with Gasteiger partial charge in [-0.15, -0.1) is 0 Å². The van der Waals surface area contributed by atoms with Crippen LogP contribution in [0.5, 0.6) is 0 Å². The van der Waals surface area contributed by atoms with Gasteiger partial charge >= 0.3 is 0 Å². The largest absolute Gasteiger partial charge is 0.255 e. The van der Waals surface area contributed by atoms with E-state index in [1.54, 1.807) is 6.20 Å². The van der Waals surface area contributed by atoms with Crippen molar-refractivity contribution in [3.05, 3.63) is 71.9 Å². The highest BCUT2D eigenvalue weighted by Crippen LogP contribution is 2.22. The number of hydrogen-bond donors (Lipinski definition) is 0. The summed E-state index contributed by atoms with van der Waals surface area (Å²) in [7, 11) is 0. The average Bonchev–Trinajstić information content (AvgIpc) is 2.49. The first-order valence-electron chi connectivity index (χ1n) is 5.97. The molecule has 0 saturated heterocycles. The van der Waals surface area contributed by atoms with Gasteiger partial charge in [0, 0.05) is 16.8 Å². The lowest BCUT2D eigenvalue weighted by molar-refractivity contribution is 1.25. The number of pyridine rings is 2. The summed E-state index contributed by atoms with van der Waals surface area (Å²) in [5.41, 5.74) is 3.70. The highest BCUT2D eigenvalue weighted by atomic mass is 35.5. The van der Waals surface area contributed by atoms with Crippen LogP contribution in [0, 0.1) is 0 Å². The molecule has 0 saturated carbocycles. The van der Waals surface area contributed by atoms with Crippen molar-refractivity contribution in [1.29, 1.82) is 0 Å². The topological polar surface area (TPSA) is 25.8 Å². The van der Waals surface area contributed by atoms with E-state index in [4.69, 9.17) is 11.6 Å². The van der Waals surface area contributed by atoms with Gasteiger partial charge in [0.2, 0.25) is 0 Å². The molecule has 3 aromatic rings. The molecule has 0 aliphatic rings. The first kappa shape index (κ1) is 11.9. The van der Waals surface area contributed by atoms with Crippen molar-refractivity contribution in [2.24, 2.45) is 0 Å². The predicted octanol–water partition coefficient (Wildman–Crippen LogP) is 4.46. The molecule has 19 heavy (non-hydrogen) atoms. The molecule has 3 heteroatoms. The molecule has 0 radical (unpaired) electrons. The summed E-state index contributed by atoms with van der Waals surface area (Å²) >= 11 is 5.90. The van der Waals surface area contributed by atoms with Crippen LogP contribution in [-0.4, -0.2) is 9.97 Å². The summed E-state index contributed by atoms with van der Waals surface area (Å²) in [4.78, 5) is 8.95. The quantitative estimate of drug-likeness (QED) is 0.684. The van der Waals surface area contributed by atoms with Crippen LogP contribution in [0.1, 0.15) is 0 Å². The molecular weight excluding hydrogens is 256 g/mol. The summed E-state index contributed by atoms with van der Waals surface area (Å²) < 4.78 is 0. The Kier molecular flexibility index (Phi) is 3.25. The Morgan fingerprint density at radius 2 is 1.42 bits per heavy atom. The van der Waals surface area contributed by atoms with Crippen molar-refractivity contribution in [2.75, 3.05) is 0 Å². The third-order valence-corrected chi connectivity index (χ3v) is 3.07. The van der Waals surface area contributed by atoms with Crippen LogP contribution in [0.2, 0.25) is 5.02 Å². The summed E-state index contributed by atoms with van der Waals surface area (Å²) in [6.07, 6.45) is 1.77. The average molecular weight is 267 g/mol. The van der Waals surface area contributed by atoms with Gasteiger partial charge in [-0.3, -0.25) is 4.98 Å². The van der Waals surface area contributed by atoms with E-state index in [0.29, 0.717) is 0 Å². The SMILES string of the molecule is Clc1ccc(-c2cccc(-c3ccccn3)n2)cc1. The Hall–Kier alpha value is -2.19. The standard InChI is InChI=1S/C16H11ClN2/c17-13-9-7-12(8-10-13)14-5-3-6-16(19-14)15-4-1-2-11-18-15/h1-11H. The van der Waals surface area contributed by atoms with E-state index in [-0.39, 0.29) is 0 Å². The zero-order valence-electron chi connectivity index (χ0n) is 10.1. The van der Waals surface area contributed by atoms with Crippen LogP contribution in [0.15, 0.2) is 66.9 Å². The monoisotopic (exact) mass is 266 g/mol. The van der Waals surface area contributed by atoms with Crippen LogP contribution in [0.3, 0.4) is 0 Å². The zero-order valence-corrected chi connectivity index (χ0v) is 10.9. The fourth-order valence-corrected chi connectivity index (χ4v) is 2.00. The highest BCUT2D eigenvalue weighted by Gasteiger charge is 2.03. The molecular formula is C16H11ClN2. The molecule has 0 amide bonds. The molecule has 0 atom stereocenters. The van der Waals surface area contributed by atoms with Crippen molar-refractivity contribution in [3.8, 4) is 22.6 Å². The summed E-state index contributed by atoms with van der Waals surface area (Å²) in [5.74, 6) is 0. The Bertz CT molecular complexity index is 679. The minimum absolute atomic E-state index is 0.727. The number of halogens is 1. The Morgan fingerprint density at radius 3 is 2.16 bits per heavy atom. The number of rotatable bonds is 2. The van der Waals surface area contributed by atoms with Gasteiger partial charge in [-0.25, -0.2) is 4.98 Å². The Labute approximate surface area is 116 Å². The molecule has 0 spiro atoms. The molecule has 0 fully saturated rings. The highest BCUT2D eigenvalue weighted by molar-refractivity contribution is 6.30. The molecule has 0 unspecified atom stereocenters. The van der Waals surface area contributed by atoms with E-state index in [1.165, 1.54) is 0 Å². The maximum atomic E-state index is 5.90. The van der Waals surface area contributed by atoms with E-state index in [9.17, 15) is 0 Å². The third-order valence-electron chi connectivity index (χ3n) is 2.82. The van der Waals surface area contributed by atoms with Crippen molar-refractivity contribution < 1.29 is 0 Å². The first-order chi connectivity index (χ1) is 9.33. The van der Waals surface area contributed by atoms with Gasteiger partial charge in [0.25, 0.3) is 0 Å². The predicted molar refractivity (Wildman–Crippen MR) is 77.9 cm³/mol. The van der Waals surface area contributed by atoms with Crippen molar-refractivity contribution in [1.82, 2.24) is 9.97 Å². The molecule has 0 aliphatic heterocycles. The van der Waals surface area contributed by atoms with Gasteiger partial charge in [0.05, 0.1) is 17.1 Å². The zero-order chi connectivity index (χ0) is 13.1. The maximum absolute atomic E-state index is 5.90. The molecule has 2 heterocycles. The van der Waals surface area contributed by atoms with E-state index in [1.807, 2.05) is 60.7 Å². The van der Waals surface area contributed by atoms with E-state index >= 15 is 0 Å². The van der Waals surface area contributed by atoms with Crippen LogP contribution < -0.4 is 0 Å². The second-order valence-electron chi connectivity index (χ2n) is 4.13. The van der Waals surface area contributed by atoms with Crippen LogP contribution in [0.4, 0.5) is 0 Å². The van der Waals surface area contributed by atoms with Gasteiger partial charge in [-0.2, -0.15) is 0 Å². The fraction of sp³-hybridized carbons (Fsp3) is 0. The van der Waals surface area contributed by atoms with Crippen molar-refractivity contribution in [3.63, 3.8) is 0 Å². The minimum Gasteiger partial charge on any atom is -0.255 e. The Balaban J connectivity index is 2.03. The maximum Gasteiger partial charge on any atom is 0.0893 e. The summed E-state index contributed by atoms with van der Waals surface area (Å²) in [5, 5.41) is 0.727. The normalized spacial score (nSPS) is 10.4. The summed E-state index contributed by atoms with van der Waals surface area (Å²) in [6, 6.07) is 19.4. The molecule has 1 aromatic carbocycles. The van der Waals surface area contributed by atoms with Gasteiger partial charge in [0.15, 0.2) is 0 Å². The summed E-state index contributed by atoms with van der Waals surface area (Å²) in [6.45, 7) is 0. The van der Waals surface area contributed by atoms with Crippen LogP contribution in [-0.2, 0) is 0 Å². The second-order valence-corrected chi connectivity index (χ2v) is 4.57. The first-order valence-corrected chi connectivity index (χ1v) is 6.35. The number of aromatic nitrogens is 2. The molecule has 0 N–H and O–H groups in total. The van der Waals surface area contributed by atoms with E-state index in [0.717, 1.165) is 27.7 Å². The van der Waals surface area contributed by atoms with Crippen molar-refractivity contribution in [2.45, 2.75) is 0 Å². The fourth-order valence-electron chi connectivity index (χ4n) is 1.87. The molecule has 0 aliphatic carbocycles. The van der Waals surface area contributed by atoms with Crippen molar-refractivity contribution >= 4 is 11.6 Å². The van der Waals surface area contributed by atoms with Gasteiger partial charge in [-0.05, 0) is 36.4 Å². The second kappa shape index (κ2) is 5.21. The molecule has 0 bridgehead atoms. The number of hydrogen-bond acceptors (Lipinski definition) is 2. The van der Waals surface area contributed by atoms with E-state index in [2.05, 4.69) is 9.97 Å². The molecule has 92 valence electrons. The van der Waals surface area contributed by atoms with Gasteiger partial charge in [-0.1, -0.05) is 35.9 Å². The van der Waals surface area contributed by atoms with Crippen LogP contribution >= 0.6 is 11.6 Å². The van der Waals surface area contributed by atoms with Gasteiger partial charge in [0.1, 0.15) is 0 Å². The van der Waals surface area contributed by atoms with Gasteiger partial charge < -0.3 is 0 Å². The minimum atomic E-state index is 0.727. The molecule has 2 nitrogen and oxygen atoms in total. The number of nitrogens with zero attached hydrogens (tertiary/aromatic N) is 2. The van der Waals surface area contributed by atoms with Crippen LogP contribution in [0.25, 0.3) is 22.6 Å². The smallest absolute Gasteiger partial charge is 0.0893 e. The molecule has 2 aromatic heterocycles. The lowest BCUT2D eigenvalue weighted by Crippen LogP contribution is -1.89. The lowest BCUT2D eigenvalue weighted by Gasteiger charge is -2.04. The van der Waals surface area contributed by atoms with E-state index < -0.39 is 0 Å². The third kappa shape index (κ3) is 2.64. The Morgan fingerprint density at radius 1 is 0.684 bits per heavy atom.